The van der Waals surface area contributed by atoms with Gasteiger partial charge in [0.05, 0.1) is 12.1 Å². The van der Waals surface area contributed by atoms with Crippen molar-refractivity contribution in [1.29, 1.82) is 0 Å². The highest BCUT2D eigenvalue weighted by Crippen LogP contribution is 2.38. The number of aliphatic hydroxyl groups is 1. The Labute approximate surface area is 122 Å². The van der Waals surface area contributed by atoms with Crippen molar-refractivity contribution in [3.63, 3.8) is 0 Å². The lowest BCUT2D eigenvalue weighted by Crippen LogP contribution is -1.95. The number of aromatic nitrogens is 2. The van der Waals surface area contributed by atoms with Crippen LogP contribution in [0.2, 0.25) is 0 Å². The van der Waals surface area contributed by atoms with Gasteiger partial charge in [-0.25, -0.2) is 0 Å². The Balaban J connectivity index is 2.42. The van der Waals surface area contributed by atoms with E-state index in [0.717, 1.165) is 21.7 Å². The van der Waals surface area contributed by atoms with Crippen LogP contribution in [0.5, 0.6) is 0 Å². The molecule has 0 aliphatic rings. The van der Waals surface area contributed by atoms with E-state index in [4.69, 9.17) is 0 Å². The molecule has 2 aromatic heterocycles. The van der Waals surface area contributed by atoms with Gasteiger partial charge in [-0.3, -0.25) is 4.98 Å². The van der Waals surface area contributed by atoms with E-state index in [2.05, 4.69) is 41.7 Å². The zero-order valence-electron chi connectivity index (χ0n) is 12.1. The minimum Gasteiger partial charge on any atom is -0.392 e. The maximum Gasteiger partial charge on any atom is 0.0695 e. The average molecular weight is 276 g/mol. The second-order valence-corrected chi connectivity index (χ2v) is 5.48. The van der Waals surface area contributed by atoms with Gasteiger partial charge in [-0.05, 0) is 35.6 Å². The Morgan fingerprint density at radius 3 is 2.71 bits per heavy atom. The smallest absolute Gasteiger partial charge is 0.0695 e. The van der Waals surface area contributed by atoms with E-state index in [0.29, 0.717) is 0 Å². The van der Waals surface area contributed by atoms with Gasteiger partial charge in [-0.2, -0.15) is 0 Å². The van der Waals surface area contributed by atoms with Crippen LogP contribution >= 0.6 is 0 Å². The molecule has 0 saturated carbocycles. The minimum absolute atomic E-state index is 0.0208. The minimum atomic E-state index is 0.0208. The molecule has 104 valence electrons. The van der Waals surface area contributed by atoms with E-state index in [1.54, 1.807) is 0 Å². The second-order valence-electron chi connectivity index (χ2n) is 5.48. The van der Waals surface area contributed by atoms with Crippen LogP contribution in [0.3, 0.4) is 0 Å². The first-order chi connectivity index (χ1) is 10.2. The van der Waals surface area contributed by atoms with Gasteiger partial charge in [-0.1, -0.05) is 18.2 Å². The molecule has 0 radical (unpaired) electrons. The summed E-state index contributed by atoms with van der Waals surface area (Å²) >= 11 is 0. The maximum absolute atomic E-state index is 9.96. The second kappa shape index (κ2) is 4.30. The summed E-state index contributed by atoms with van der Waals surface area (Å²) in [5.41, 5.74) is 4.58. The number of aryl methyl sites for hydroxylation is 2. The third-order valence-electron chi connectivity index (χ3n) is 4.47. The Morgan fingerprint density at radius 1 is 1.10 bits per heavy atom. The number of aliphatic hydroxyl groups excluding tert-OH is 1. The zero-order valence-corrected chi connectivity index (χ0v) is 12.1. The van der Waals surface area contributed by atoms with Crippen molar-refractivity contribution in [1.82, 2.24) is 9.55 Å². The number of nitrogens with zero attached hydrogens (tertiary/aromatic N) is 2. The predicted octanol–water partition coefficient (Wildman–Crippen LogP) is 3.68. The molecule has 0 aliphatic heterocycles. The lowest BCUT2D eigenvalue weighted by Gasteiger charge is -2.11. The van der Waals surface area contributed by atoms with Crippen molar-refractivity contribution in [3.05, 3.63) is 53.9 Å². The van der Waals surface area contributed by atoms with E-state index in [-0.39, 0.29) is 6.61 Å². The molecule has 0 unspecified atom stereocenters. The highest BCUT2D eigenvalue weighted by Gasteiger charge is 2.17. The fourth-order valence-corrected chi connectivity index (χ4v) is 3.53. The molecular weight excluding hydrogens is 260 g/mol. The first kappa shape index (κ1) is 12.4. The third kappa shape index (κ3) is 1.49. The average Bonchev–Trinajstić information content (AvgIpc) is 2.82. The van der Waals surface area contributed by atoms with Crippen molar-refractivity contribution >= 4 is 32.6 Å². The molecule has 0 amide bonds. The molecule has 3 heteroatoms. The number of para-hydroxylation sites is 1. The van der Waals surface area contributed by atoms with Gasteiger partial charge in [0.15, 0.2) is 0 Å². The molecule has 3 nitrogen and oxygen atoms in total. The van der Waals surface area contributed by atoms with Gasteiger partial charge in [0, 0.05) is 41.1 Å². The van der Waals surface area contributed by atoms with Crippen LogP contribution in [0.1, 0.15) is 11.1 Å². The molecule has 2 heterocycles. The lowest BCUT2D eigenvalue weighted by atomic mass is 9.96. The Morgan fingerprint density at radius 2 is 1.90 bits per heavy atom. The number of rotatable bonds is 1. The standard InChI is InChI=1S/C18H16N2O/c1-11-12-7-8-19-9-14(12)15(10-21)17-13-5-3-4-6-16(13)20(2)18(11)17/h3-9,21H,10H2,1-2H3. The fourth-order valence-electron chi connectivity index (χ4n) is 3.53. The molecule has 0 spiro atoms. The molecule has 0 atom stereocenters. The monoisotopic (exact) mass is 276 g/mol. The number of benzene rings is 2. The largest absolute Gasteiger partial charge is 0.392 e. The first-order valence-electron chi connectivity index (χ1n) is 7.07. The molecule has 1 N–H and O–H groups in total. The van der Waals surface area contributed by atoms with Crippen LogP contribution < -0.4 is 0 Å². The van der Waals surface area contributed by atoms with Crippen LogP contribution in [-0.4, -0.2) is 14.7 Å². The van der Waals surface area contributed by atoms with Gasteiger partial charge < -0.3 is 9.67 Å². The zero-order chi connectivity index (χ0) is 14.6. The molecule has 4 rings (SSSR count). The molecule has 2 aromatic carbocycles. The lowest BCUT2D eigenvalue weighted by molar-refractivity contribution is 0.285. The highest BCUT2D eigenvalue weighted by atomic mass is 16.3. The quantitative estimate of drug-likeness (QED) is 0.576. The molecular formula is C18H16N2O. The molecule has 0 saturated heterocycles. The van der Waals surface area contributed by atoms with Crippen molar-refractivity contribution in [2.45, 2.75) is 13.5 Å². The van der Waals surface area contributed by atoms with Crippen LogP contribution in [-0.2, 0) is 13.7 Å². The molecule has 21 heavy (non-hydrogen) atoms. The summed E-state index contributed by atoms with van der Waals surface area (Å²) in [6.45, 7) is 2.16. The Hall–Kier alpha value is -2.39. The van der Waals surface area contributed by atoms with E-state index < -0.39 is 0 Å². The van der Waals surface area contributed by atoms with Gasteiger partial charge in [-0.15, -0.1) is 0 Å². The third-order valence-corrected chi connectivity index (χ3v) is 4.47. The summed E-state index contributed by atoms with van der Waals surface area (Å²) in [4.78, 5) is 4.24. The fraction of sp³-hybridized carbons (Fsp3) is 0.167. The summed E-state index contributed by atoms with van der Waals surface area (Å²) in [5, 5.41) is 14.5. The van der Waals surface area contributed by atoms with Gasteiger partial charge >= 0.3 is 0 Å². The summed E-state index contributed by atoms with van der Waals surface area (Å²) in [6.07, 6.45) is 3.67. The molecule has 0 bridgehead atoms. The predicted molar refractivity (Wildman–Crippen MR) is 86.4 cm³/mol. The van der Waals surface area contributed by atoms with Crippen LogP contribution in [0.15, 0.2) is 42.7 Å². The number of pyridine rings is 1. The van der Waals surface area contributed by atoms with E-state index in [9.17, 15) is 5.11 Å². The molecule has 0 fully saturated rings. The van der Waals surface area contributed by atoms with Crippen LogP contribution in [0, 0.1) is 6.92 Å². The number of fused-ring (bicyclic) bond motifs is 4. The Kier molecular flexibility index (Phi) is 2.53. The van der Waals surface area contributed by atoms with E-state index in [1.165, 1.54) is 22.0 Å². The summed E-state index contributed by atoms with van der Waals surface area (Å²) < 4.78 is 2.22. The normalized spacial score (nSPS) is 11.8. The van der Waals surface area contributed by atoms with Gasteiger partial charge in [0.1, 0.15) is 0 Å². The van der Waals surface area contributed by atoms with Crippen molar-refractivity contribution in [2.75, 3.05) is 0 Å². The summed E-state index contributed by atoms with van der Waals surface area (Å²) in [5.74, 6) is 0. The van der Waals surface area contributed by atoms with E-state index in [1.807, 2.05) is 24.5 Å². The number of hydrogen-bond acceptors (Lipinski definition) is 2. The first-order valence-corrected chi connectivity index (χ1v) is 7.07. The van der Waals surface area contributed by atoms with E-state index >= 15 is 0 Å². The van der Waals surface area contributed by atoms with Crippen LogP contribution in [0.4, 0.5) is 0 Å². The molecule has 0 aliphatic carbocycles. The SMILES string of the molecule is Cc1c2ccncc2c(CO)c2c3ccccc3n(C)c12. The Bertz CT molecular complexity index is 999. The van der Waals surface area contributed by atoms with Crippen LogP contribution in [0.25, 0.3) is 32.6 Å². The topological polar surface area (TPSA) is 38.1 Å². The number of hydrogen-bond donors (Lipinski definition) is 1. The maximum atomic E-state index is 9.96. The molecule has 4 aromatic rings. The summed E-state index contributed by atoms with van der Waals surface area (Å²) in [7, 11) is 2.09. The van der Waals surface area contributed by atoms with Crippen molar-refractivity contribution in [2.24, 2.45) is 7.05 Å². The summed E-state index contributed by atoms with van der Waals surface area (Å²) in [6, 6.07) is 10.4. The van der Waals surface area contributed by atoms with Gasteiger partial charge in [0.25, 0.3) is 0 Å². The van der Waals surface area contributed by atoms with Gasteiger partial charge in [0.2, 0.25) is 0 Å². The van der Waals surface area contributed by atoms with Crippen molar-refractivity contribution in [3.8, 4) is 0 Å². The highest BCUT2D eigenvalue weighted by molar-refractivity contribution is 6.16. The van der Waals surface area contributed by atoms with Crippen molar-refractivity contribution < 1.29 is 5.11 Å².